The summed E-state index contributed by atoms with van der Waals surface area (Å²) in [5.74, 6) is 1.52. The minimum Gasteiger partial charge on any atom is -0.357 e. The maximum absolute atomic E-state index is 12.4. The molecule has 28 heavy (non-hydrogen) atoms. The van der Waals surface area contributed by atoms with Crippen molar-refractivity contribution in [2.75, 3.05) is 18.0 Å². The zero-order chi connectivity index (χ0) is 19.9. The van der Waals surface area contributed by atoms with Gasteiger partial charge in [0.2, 0.25) is 10.0 Å². The van der Waals surface area contributed by atoms with Crippen LogP contribution in [0.1, 0.15) is 70.9 Å². The molecule has 1 saturated carbocycles. The van der Waals surface area contributed by atoms with Crippen LogP contribution < -0.4 is 9.62 Å². The molecule has 0 unspecified atom stereocenters. The van der Waals surface area contributed by atoms with E-state index >= 15 is 0 Å². The van der Waals surface area contributed by atoms with Gasteiger partial charge < -0.3 is 9.88 Å². The maximum Gasteiger partial charge on any atom is 0.216 e. The van der Waals surface area contributed by atoms with Crippen molar-refractivity contribution in [3.63, 3.8) is 0 Å². The number of aromatic nitrogens is 2. The highest BCUT2D eigenvalue weighted by atomic mass is 32.2. The van der Waals surface area contributed by atoms with Gasteiger partial charge >= 0.3 is 0 Å². The molecule has 2 aromatic heterocycles. The Balaban J connectivity index is 1.42. The number of nitrogens with one attached hydrogen (secondary N) is 2. The van der Waals surface area contributed by atoms with Crippen LogP contribution in [-0.2, 0) is 10.0 Å². The molecule has 2 aliphatic rings. The van der Waals surface area contributed by atoms with Crippen molar-refractivity contribution in [2.45, 2.75) is 76.0 Å². The molecule has 7 heteroatoms. The van der Waals surface area contributed by atoms with E-state index in [9.17, 15) is 8.42 Å². The largest absolute Gasteiger partial charge is 0.357 e. The summed E-state index contributed by atoms with van der Waals surface area (Å²) in [6, 6.07) is 6.50. The first-order valence-corrected chi connectivity index (χ1v) is 12.0. The second-order valence-corrected chi connectivity index (χ2v) is 11.8. The number of nitrogens with zero attached hydrogens (tertiary/aromatic N) is 2. The lowest BCUT2D eigenvalue weighted by Gasteiger charge is -2.31. The molecule has 4 rings (SSSR count). The average molecular weight is 405 g/mol. The molecule has 154 valence electrons. The molecule has 2 N–H and O–H groups in total. The highest BCUT2D eigenvalue weighted by molar-refractivity contribution is 7.90. The second-order valence-electron chi connectivity index (χ2n) is 9.30. The van der Waals surface area contributed by atoms with E-state index in [2.05, 4.69) is 32.8 Å². The fraction of sp³-hybridized carbons (Fsp3) is 0.667. The fourth-order valence-corrected chi connectivity index (χ4v) is 5.31. The van der Waals surface area contributed by atoms with Crippen molar-refractivity contribution in [1.29, 1.82) is 0 Å². The molecule has 1 aliphatic heterocycles. The van der Waals surface area contributed by atoms with Gasteiger partial charge in [0.1, 0.15) is 5.82 Å². The molecule has 0 aromatic carbocycles. The summed E-state index contributed by atoms with van der Waals surface area (Å²) in [6.07, 6.45) is 6.23. The molecule has 0 bridgehead atoms. The summed E-state index contributed by atoms with van der Waals surface area (Å²) < 4.78 is 27.0. The van der Waals surface area contributed by atoms with Crippen molar-refractivity contribution in [1.82, 2.24) is 14.7 Å². The second kappa shape index (κ2) is 7.34. The Labute approximate surface area is 168 Å². The van der Waals surface area contributed by atoms with E-state index in [1.165, 1.54) is 18.5 Å². The molecule has 0 spiro atoms. The van der Waals surface area contributed by atoms with Gasteiger partial charge in [-0.25, -0.2) is 18.1 Å². The van der Waals surface area contributed by atoms with Crippen LogP contribution in [0.15, 0.2) is 18.2 Å². The van der Waals surface area contributed by atoms with Gasteiger partial charge in [0.15, 0.2) is 0 Å². The first-order chi connectivity index (χ1) is 13.2. The van der Waals surface area contributed by atoms with Gasteiger partial charge in [-0.15, -0.1) is 0 Å². The monoisotopic (exact) mass is 404 g/mol. The summed E-state index contributed by atoms with van der Waals surface area (Å²) in [5.41, 5.74) is 3.36. The molecular weight excluding hydrogens is 372 g/mol. The molecule has 2 aromatic rings. The molecule has 6 nitrogen and oxygen atoms in total. The Kier molecular flexibility index (Phi) is 5.16. The zero-order valence-corrected chi connectivity index (χ0v) is 18.0. The number of hydrogen-bond acceptors (Lipinski definition) is 4. The summed E-state index contributed by atoms with van der Waals surface area (Å²) in [4.78, 5) is 10.8. The van der Waals surface area contributed by atoms with E-state index in [4.69, 9.17) is 4.98 Å². The fourth-order valence-electron chi connectivity index (χ4n) is 4.28. The smallest absolute Gasteiger partial charge is 0.216 e. The van der Waals surface area contributed by atoms with Crippen LogP contribution in [0.4, 0.5) is 5.82 Å². The minimum absolute atomic E-state index is 0.0461. The molecule has 0 amide bonds. The summed E-state index contributed by atoms with van der Waals surface area (Å²) >= 11 is 0. The molecule has 1 aliphatic carbocycles. The van der Waals surface area contributed by atoms with Crippen LogP contribution in [0.3, 0.4) is 0 Å². The van der Waals surface area contributed by atoms with Gasteiger partial charge in [0.05, 0.1) is 15.8 Å². The number of anilines is 1. The molecule has 2 fully saturated rings. The van der Waals surface area contributed by atoms with E-state index in [-0.39, 0.29) is 6.04 Å². The lowest BCUT2D eigenvalue weighted by molar-refractivity contribution is 0.368. The molecular formula is C21H32N4O2S. The quantitative estimate of drug-likeness (QED) is 0.810. The number of H-pyrrole nitrogens is 1. The van der Waals surface area contributed by atoms with Crippen molar-refractivity contribution >= 4 is 26.9 Å². The predicted molar refractivity (Wildman–Crippen MR) is 114 cm³/mol. The van der Waals surface area contributed by atoms with E-state index in [0.29, 0.717) is 5.92 Å². The van der Waals surface area contributed by atoms with Crippen LogP contribution in [-0.4, -0.2) is 42.3 Å². The van der Waals surface area contributed by atoms with Crippen molar-refractivity contribution < 1.29 is 8.42 Å². The molecule has 0 atom stereocenters. The number of sulfonamides is 1. The third-order valence-corrected chi connectivity index (χ3v) is 8.46. The summed E-state index contributed by atoms with van der Waals surface area (Å²) in [7, 11) is -3.29. The van der Waals surface area contributed by atoms with Gasteiger partial charge in [-0.05, 0) is 83.4 Å². The first kappa shape index (κ1) is 19.7. The standard InChI is InChI=1S/C21H32N4O2S/c1-21(2,3)28(26,27)24-16-8-6-15(7-9-16)18-14-19-17(22-18)10-11-20(23-19)25-12-4-5-13-25/h10-11,14-16,22,24H,4-9,12-13H2,1-3H3/t15-,16-. The van der Waals surface area contributed by atoms with Crippen LogP contribution >= 0.6 is 0 Å². The van der Waals surface area contributed by atoms with Gasteiger partial charge in [-0.1, -0.05) is 0 Å². The number of fused-ring (bicyclic) bond motifs is 1. The lowest BCUT2D eigenvalue weighted by Crippen LogP contribution is -2.45. The van der Waals surface area contributed by atoms with Gasteiger partial charge in [-0.2, -0.15) is 0 Å². The SMILES string of the molecule is CC(C)(C)S(=O)(=O)N[C@H]1CC[C@H](c2cc3nc(N4CCCC4)ccc3[nH]2)CC1. The van der Waals surface area contributed by atoms with Crippen LogP contribution in [0.25, 0.3) is 11.0 Å². The van der Waals surface area contributed by atoms with Crippen LogP contribution in [0, 0.1) is 0 Å². The highest BCUT2D eigenvalue weighted by Crippen LogP contribution is 2.35. The van der Waals surface area contributed by atoms with Gasteiger partial charge in [0.25, 0.3) is 0 Å². The zero-order valence-electron chi connectivity index (χ0n) is 17.2. The minimum atomic E-state index is -3.29. The van der Waals surface area contributed by atoms with E-state index in [1.807, 2.05) is 0 Å². The van der Waals surface area contributed by atoms with Crippen LogP contribution in [0.5, 0.6) is 0 Å². The maximum atomic E-state index is 12.4. The Morgan fingerprint density at radius 2 is 1.79 bits per heavy atom. The Hall–Kier alpha value is -1.60. The Morgan fingerprint density at radius 3 is 2.43 bits per heavy atom. The Morgan fingerprint density at radius 1 is 1.11 bits per heavy atom. The van der Waals surface area contributed by atoms with Crippen molar-refractivity contribution in [2.24, 2.45) is 0 Å². The lowest BCUT2D eigenvalue weighted by atomic mass is 9.84. The summed E-state index contributed by atoms with van der Waals surface area (Å²) in [5, 5.41) is 0. The highest BCUT2D eigenvalue weighted by Gasteiger charge is 2.33. The van der Waals surface area contributed by atoms with E-state index in [1.54, 1.807) is 20.8 Å². The first-order valence-electron chi connectivity index (χ1n) is 10.5. The molecule has 0 radical (unpaired) electrons. The normalized spacial score (nSPS) is 24.2. The molecule has 3 heterocycles. The molecule has 1 saturated heterocycles. The van der Waals surface area contributed by atoms with Gasteiger partial charge in [-0.3, -0.25) is 0 Å². The van der Waals surface area contributed by atoms with Crippen LogP contribution in [0.2, 0.25) is 0 Å². The third kappa shape index (κ3) is 3.92. The van der Waals surface area contributed by atoms with E-state index in [0.717, 1.165) is 55.6 Å². The summed E-state index contributed by atoms with van der Waals surface area (Å²) in [6.45, 7) is 7.44. The number of pyridine rings is 1. The predicted octanol–water partition coefficient (Wildman–Crippen LogP) is 3.91. The average Bonchev–Trinajstić information content (AvgIpc) is 3.30. The third-order valence-electron chi connectivity index (χ3n) is 6.21. The number of rotatable bonds is 4. The topological polar surface area (TPSA) is 78.1 Å². The van der Waals surface area contributed by atoms with E-state index < -0.39 is 14.8 Å². The van der Waals surface area contributed by atoms with Gasteiger partial charge in [0, 0.05) is 24.8 Å². The Bertz CT molecular complexity index is 931. The number of hydrogen-bond donors (Lipinski definition) is 2. The number of aromatic amines is 1. The van der Waals surface area contributed by atoms with Crippen molar-refractivity contribution in [3.05, 3.63) is 23.9 Å². The van der Waals surface area contributed by atoms with Crippen molar-refractivity contribution in [3.8, 4) is 0 Å².